The van der Waals surface area contributed by atoms with Crippen LogP contribution in [0.15, 0.2) is 24.3 Å². The van der Waals surface area contributed by atoms with Gasteiger partial charge in [-0.2, -0.15) is 4.98 Å². The van der Waals surface area contributed by atoms with Crippen molar-refractivity contribution >= 4 is 28.7 Å². The molecule has 7 nitrogen and oxygen atoms in total. The number of anilines is 1. The Morgan fingerprint density at radius 3 is 3.06 bits per heavy atom. The number of nitrogens with one attached hydrogen (secondary N) is 2. The van der Waals surface area contributed by atoms with E-state index < -0.39 is 5.97 Å². The molecule has 7 heteroatoms. The topological polar surface area (TPSA) is 95.3 Å². The SMILES string of the molecule is O=C(O)CCNc1nc2nc3ccccc3n2[nH]1. The zero-order valence-corrected chi connectivity index (χ0v) is 9.42. The van der Waals surface area contributed by atoms with Crippen LogP contribution in [0.4, 0.5) is 5.95 Å². The maximum atomic E-state index is 10.4. The molecular weight excluding hydrogens is 234 g/mol. The highest BCUT2D eigenvalue weighted by molar-refractivity contribution is 5.79. The highest BCUT2D eigenvalue weighted by Gasteiger charge is 2.08. The van der Waals surface area contributed by atoms with Crippen molar-refractivity contribution in [1.29, 1.82) is 0 Å². The molecule has 0 amide bonds. The standard InChI is InChI=1S/C11H11N5O2/c17-9(18)5-6-12-10-14-11-13-7-3-1-2-4-8(7)16(11)15-10/h1-4H,5-6H2,(H,17,18)(H2,12,13,14,15). The minimum atomic E-state index is -0.843. The second-order valence-corrected chi connectivity index (χ2v) is 3.88. The number of benzene rings is 1. The van der Waals surface area contributed by atoms with Crippen LogP contribution in [-0.2, 0) is 4.79 Å². The maximum Gasteiger partial charge on any atom is 0.305 e. The molecule has 0 aliphatic carbocycles. The lowest BCUT2D eigenvalue weighted by Crippen LogP contribution is -2.08. The number of aromatic nitrogens is 4. The molecular formula is C11H11N5O2. The number of hydrogen-bond acceptors (Lipinski definition) is 4. The first-order chi connectivity index (χ1) is 8.74. The van der Waals surface area contributed by atoms with Gasteiger partial charge in [0.05, 0.1) is 17.5 Å². The second-order valence-electron chi connectivity index (χ2n) is 3.88. The number of aliphatic carboxylic acids is 1. The number of aromatic amines is 1. The summed E-state index contributed by atoms with van der Waals surface area (Å²) in [5.41, 5.74) is 1.81. The van der Waals surface area contributed by atoms with E-state index in [1.54, 1.807) is 4.52 Å². The monoisotopic (exact) mass is 245 g/mol. The number of hydrogen-bond donors (Lipinski definition) is 3. The van der Waals surface area contributed by atoms with E-state index in [1.807, 2.05) is 24.3 Å². The third-order valence-electron chi connectivity index (χ3n) is 2.60. The fourth-order valence-electron chi connectivity index (χ4n) is 1.80. The van der Waals surface area contributed by atoms with Gasteiger partial charge in [0.15, 0.2) is 0 Å². The third-order valence-corrected chi connectivity index (χ3v) is 2.60. The van der Waals surface area contributed by atoms with Crippen LogP contribution in [0.1, 0.15) is 6.42 Å². The van der Waals surface area contributed by atoms with Gasteiger partial charge in [0.2, 0.25) is 5.95 Å². The van der Waals surface area contributed by atoms with Crippen molar-refractivity contribution < 1.29 is 9.90 Å². The van der Waals surface area contributed by atoms with Gasteiger partial charge in [-0.3, -0.25) is 9.89 Å². The summed E-state index contributed by atoms with van der Waals surface area (Å²) in [6, 6.07) is 7.69. The van der Waals surface area contributed by atoms with Crippen molar-refractivity contribution in [2.45, 2.75) is 6.42 Å². The molecule has 0 spiro atoms. The van der Waals surface area contributed by atoms with Crippen molar-refractivity contribution in [3.8, 4) is 0 Å². The highest BCUT2D eigenvalue weighted by atomic mass is 16.4. The van der Waals surface area contributed by atoms with E-state index in [9.17, 15) is 4.79 Å². The lowest BCUT2D eigenvalue weighted by molar-refractivity contribution is -0.136. The molecule has 2 aromatic heterocycles. The molecule has 0 unspecified atom stereocenters. The van der Waals surface area contributed by atoms with Gasteiger partial charge in [-0.25, -0.2) is 9.50 Å². The predicted octanol–water partition coefficient (Wildman–Crippen LogP) is 1.10. The van der Waals surface area contributed by atoms with Gasteiger partial charge >= 0.3 is 5.97 Å². The zero-order chi connectivity index (χ0) is 12.5. The minimum Gasteiger partial charge on any atom is -0.481 e. The lowest BCUT2D eigenvalue weighted by atomic mass is 10.3. The van der Waals surface area contributed by atoms with Gasteiger partial charge in [-0.15, -0.1) is 0 Å². The highest BCUT2D eigenvalue weighted by Crippen LogP contribution is 2.15. The molecule has 0 aliphatic heterocycles. The molecule has 92 valence electrons. The summed E-state index contributed by atoms with van der Waals surface area (Å²) in [5.74, 6) is 0.239. The molecule has 0 radical (unpaired) electrons. The van der Waals surface area contributed by atoms with E-state index in [2.05, 4.69) is 20.4 Å². The number of para-hydroxylation sites is 2. The molecule has 18 heavy (non-hydrogen) atoms. The molecule has 0 saturated heterocycles. The first-order valence-electron chi connectivity index (χ1n) is 5.53. The van der Waals surface area contributed by atoms with Crippen molar-refractivity contribution in [3.63, 3.8) is 0 Å². The Hall–Kier alpha value is -2.57. The Morgan fingerprint density at radius 1 is 1.39 bits per heavy atom. The van der Waals surface area contributed by atoms with E-state index >= 15 is 0 Å². The molecule has 3 N–H and O–H groups in total. The first-order valence-corrected chi connectivity index (χ1v) is 5.53. The summed E-state index contributed by atoms with van der Waals surface area (Å²) in [5, 5.41) is 14.5. The largest absolute Gasteiger partial charge is 0.481 e. The van der Waals surface area contributed by atoms with Crippen LogP contribution in [0.2, 0.25) is 0 Å². The number of fused-ring (bicyclic) bond motifs is 3. The van der Waals surface area contributed by atoms with Crippen LogP contribution in [0.25, 0.3) is 16.8 Å². The number of rotatable bonds is 4. The number of imidazole rings is 1. The molecule has 1 aromatic carbocycles. The smallest absolute Gasteiger partial charge is 0.305 e. The number of carbonyl (C=O) groups is 1. The maximum absolute atomic E-state index is 10.4. The van der Waals surface area contributed by atoms with Crippen LogP contribution in [0.5, 0.6) is 0 Å². The van der Waals surface area contributed by atoms with E-state index in [0.29, 0.717) is 18.3 Å². The quantitative estimate of drug-likeness (QED) is 0.639. The Kier molecular flexibility index (Phi) is 2.36. The Labute approximate surface area is 101 Å². The van der Waals surface area contributed by atoms with E-state index in [0.717, 1.165) is 11.0 Å². The van der Waals surface area contributed by atoms with E-state index in [4.69, 9.17) is 5.11 Å². The summed E-state index contributed by atoms with van der Waals surface area (Å²) in [4.78, 5) is 19.0. The van der Waals surface area contributed by atoms with Crippen LogP contribution in [0.3, 0.4) is 0 Å². The summed E-state index contributed by atoms with van der Waals surface area (Å²) < 4.78 is 1.76. The summed E-state index contributed by atoms with van der Waals surface area (Å²) in [7, 11) is 0. The molecule has 0 fully saturated rings. The zero-order valence-electron chi connectivity index (χ0n) is 9.42. The van der Waals surface area contributed by atoms with Gasteiger partial charge in [0.1, 0.15) is 0 Å². The Bertz CT molecular complexity index is 714. The minimum absolute atomic E-state index is 0.0454. The van der Waals surface area contributed by atoms with Crippen molar-refractivity contribution in [1.82, 2.24) is 19.6 Å². The number of H-pyrrole nitrogens is 1. The molecule has 0 saturated carbocycles. The van der Waals surface area contributed by atoms with Gasteiger partial charge < -0.3 is 10.4 Å². The molecule has 0 bridgehead atoms. The fraction of sp³-hybridized carbons (Fsp3) is 0.182. The van der Waals surface area contributed by atoms with Crippen molar-refractivity contribution in [2.75, 3.05) is 11.9 Å². The molecule has 3 rings (SSSR count). The number of carboxylic acid groups (broad SMARTS) is 1. The second kappa shape index (κ2) is 4.02. The van der Waals surface area contributed by atoms with Crippen LogP contribution < -0.4 is 5.32 Å². The van der Waals surface area contributed by atoms with Gasteiger partial charge in [-0.05, 0) is 12.1 Å². The van der Waals surface area contributed by atoms with Crippen LogP contribution in [0, 0.1) is 0 Å². The van der Waals surface area contributed by atoms with Gasteiger partial charge in [-0.1, -0.05) is 12.1 Å². The molecule has 3 aromatic rings. The number of nitrogens with zero attached hydrogens (tertiary/aromatic N) is 3. The average molecular weight is 245 g/mol. The van der Waals surface area contributed by atoms with Crippen LogP contribution >= 0.6 is 0 Å². The fourth-order valence-corrected chi connectivity index (χ4v) is 1.80. The average Bonchev–Trinajstić information content (AvgIpc) is 2.85. The summed E-state index contributed by atoms with van der Waals surface area (Å²) >= 11 is 0. The number of carboxylic acids is 1. The van der Waals surface area contributed by atoms with E-state index in [-0.39, 0.29) is 6.42 Å². The van der Waals surface area contributed by atoms with Crippen molar-refractivity contribution in [3.05, 3.63) is 24.3 Å². The molecule has 2 heterocycles. The summed E-state index contributed by atoms with van der Waals surface area (Å²) in [6.07, 6.45) is 0.0454. The van der Waals surface area contributed by atoms with Crippen molar-refractivity contribution in [2.24, 2.45) is 0 Å². The summed E-state index contributed by atoms with van der Waals surface area (Å²) in [6.45, 7) is 0.323. The Balaban J connectivity index is 1.89. The first kappa shape index (κ1) is 10.6. The Morgan fingerprint density at radius 2 is 2.22 bits per heavy atom. The predicted molar refractivity (Wildman–Crippen MR) is 65.6 cm³/mol. The van der Waals surface area contributed by atoms with Gasteiger partial charge in [0, 0.05) is 6.54 Å². The molecule has 0 aliphatic rings. The van der Waals surface area contributed by atoms with Crippen LogP contribution in [-0.4, -0.2) is 37.2 Å². The molecule has 0 atom stereocenters. The normalized spacial score (nSPS) is 11.1. The van der Waals surface area contributed by atoms with E-state index in [1.165, 1.54) is 0 Å². The third kappa shape index (κ3) is 1.75. The lowest BCUT2D eigenvalue weighted by Gasteiger charge is -1.98. The van der Waals surface area contributed by atoms with Gasteiger partial charge in [0.25, 0.3) is 5.78 Å².